The molecule has 0 aliphatic carbocycles. The lowest BCUT2D eigenvalue weighted by molar-refractivity contribution is -0.120. The summed E-state index contributed by atoms with van der Waals surface area (Å²) in [5.74, 6) is 0.00680. The zero-order valence-electron chi connectivity index (χ0n) is 17.7. The van der Waals surface area contributed by atoms with Crippen molar-refractivity contribution in [2.24, 2.45) is 0 Å². The van der Waals surface area contributed by atoms with Crippen LogP contribution in [0.4, 0.5) is 5.69 Å². The maximum Gasteiger partial charge on any atom is 0.264 e. The predicted octanol–water partition coefficient (Wildman–Crippen LogP) is 3.30. The van der Waals surface area contributed by atoms with Crippen molar-refractivity contribution in [1.29, 1.82) is 0 Å². The van der Waals surface area contributed by atoms with Gasteiger partial charge in [-0.05, 0) is 62.4 Å². The van der Waals surface area contributed by atoms with E-state index in [9.17, 15) is 13.2 Å². The van der Waals surface area contributed by atoms with Crippen LogP contribution in [0.25, 0.3) is 0 Å². The molecule has 1 amide bonds. The van der Waals surface area contributed by atoms with Crippen LogP contribution < -0.4 is 14.4 Å². The van der Waals surface area contributed by atoms with Gasteiger partial charge in [0.25, 0.3) is 10.0 Å². The zero-order valence-corrected chi connectivity index (χ0v) is 19.4. The molecule has 1 saturated heterocycles. The van der Waals surface area contributed by atoms with Crippen molar-refractivity contribution in [2.75, 3.05) is 36.9 Å². The highest BCUT2D eigenvalue weighted by Gasteiger charge is 2.29. The van der Waals surface area contributed by atoms with E-state index in [4.69, 9.17) is 9.47 Å². The number of rotatable bonds is 10. The molecule has 3 rings (SSSR count). The van der Waals surface area contributed by atoms with Crippen molar-refractivity contribution < 1.29 is 22.7 Å². The third-order valence-corrected chi connectivity index (χ3v) is 7.44. The molecular formula is C22H28N2O5S2. The Morgan fingerprint density at radius 3 is 2.61 bits per heavy atom. The summed E-state index contributed by atoms with van der Waals surface area (Å²) in [4.78, 5) is 13.8. The summed E-state index contributed by atoms with van der Waals surface area (Å²) in [5.41, 5.74) is 0.325. The number of nitrogens with one attached hydrogen (secondary N) is 1. The maximum absolute atomic E-state index is 13.5. The molecule has 9 heteroatoms. The van der Waals surface area contributed by atoms with E-state index >= 15 is 0 Å². The van der Waals surface area contributed by atoms with Crippen molar-refractivity contribution in [1.82, 2.24) is 5.32 Å². The summed E-state index contributed by atoms with van der Waals surface area (Å²) in [6.07, 6.45) is 3.75. The molecule has 0 bridgehead atoms. The van der Waals surface area contributed by atoms with Gasteiger partial charge >= 0.3 is 0 Å². The lowest BCUT2D eigenvalue weighted by Crippen LogP contribution is -2.43. The molecule has 1 aliphatic heterocycles. The minimum Gasteiger partial charge on any atom is -0.492 e. The molecule has 1 N–H and O–H groups in total. The topological polar surface area (TPSA) is 84.9 Å². The van der Waals surface area contributed by atoms with E-state index in [0.29, 0.717) is 31.2 Å². The van der Waals surface area contributed by atoms with Gasteiger partial charge in [-0.2, -0.15) is 0 Å². The molecule has 168 valence electrons. The number of para-hydroxylation sites is 2. The van der Waals surface area contributed by atoms with Gasteiger partial charge in [0.15, 0.2) is 0 Å². The van der Waals surface area contributed by atoms with Crippen LogP contribution >= 0.6 is 11.8 Å². The second-order valence-electron chi connectivity index (χ2n) is 7.03. The normalized spacial score (nSPS) is 16.1. The molecule has 2 aromatic rings. The SMILES string of the molecule is CCOc1ccccc1N(CC(=O)NC[C@@H]1CCCO1)S(=O)(=O)c1ccc(SC)cc1. The van der Waals surface area contributed by atoms with E-state index in [1.165, 1.54) is 11.8 Å². The van der Waals surface area contributed by atoms with Crippen molar-refractivity contribution in [3.05, 3.63) is 48.5 Å². The van der Waals surface area contributed by atoms with Crippen molar-refractivity contribution in [3.63, 3.8) is 0 Å². The van der Waals surface area contributed by atoms with Crippen molar-refractivity contribution in [2.45, 2.75) is 35.7 Å². The first-order valence-electron chi connectivity index (χ1n) is 10.2. The summed E-state index contributed by atoms with van der Waals surface area (Å²) in [7, 11) is -4.00. The number of carbonyl (C=O) groups is 1. The Balaban J connectivity index is 1.90. The van der Waals surface area contributed by atoms with Gasteiger partial charge in [0.2, 0.25) is 5.91 Å². The quantitative estimate of drug-likeness (QED) is 0.543. The molecule has 0 aromatic heterocycles. The van der Waals surface area contributed by atoms with Crippen LogP contribution in [0.2, 0.25) is 0 Å². The summed E-state index contributed by atoms with van der Waals surface area (Å²) in [6, 6.07) is 13.5. The van der Waals surface area contributed by atoms with E-state index in [1.54, 1.807) is 48.5 Å². The zero-order chi connectivity index (χ0) is 22.3. The van der Waals surface area contributed by atoms with Gasteiger partial charge in [-0.3, -0.25) is 9.10 Å². The van der Waals surface area contributed by atoms with Crippen LogP contribution in [-0.2, 0) is 19.6 Å². The van der Waals surface area contributed by atoms with Gasteiger partial charge in [-0.25, -0.2) is 8.42 Å². The number of hydrogen-bond donors (Lipinski definition) is 1. The minimum absolute atomic E-state index is 0.0243. The van der Waals surface area contributed by atoms with E-state index in [-0.39, 0.29) is 17.5 Å². The number of amides is 1. The first-order valence-corrected chi connectivity index (χ1v) is 12.9. The van der Waals surface area contributed by atoms with E-state index in [1.807, 2.05) is 13.2 Å². The maximum atomic E-state index is 13.5. The standard InChI is InChI=1S/C22H28N2O5S2/c1-3-28-21-9-5-4-8-20(21)24(16-22(25)23-15-17-7-6-14-29-17)31(26,27)19-12-10-18(30-2)11-13-19/h4-5,8-13,17H,3,6-7,14-16H2,1-2H3,(H,23,25)/t17-/m0/s1. The molecule has 1 aliphatic rings. The number of carbonyl (C=O) groups excluding carboxylic acids is 1. The Bertz CT molecular complexity index is 974. The van der Waals surface area contributed by atoms with Gasteiger partial charge in [0.1, 0.15) is 12.3 Å². The third kappa shape index (κ3) is 5.93. The number of nitrogens with zero attached hydrogens (tertiary/aromatic N) is 1. The van der Waals surface area contributed by atoms with Gasteiger partial charge in [0.05, 0.1) is 23.3 Å². The van der Waals surface area contributed by atoms with E-state index in [2.05, 4.69) is 5.32 Å². The van der Waals surface area contributed by atoms with Gasteiger partial charge in [0, 0.05) is 18.0 Å². The second-order valence-corrected chi connectivity index (χ2v) is 9.77. The minimum atomic E-state index is -4.00. The number of sulfonamides is 1. The van der Waals surface area contributed by atoms with Crippen LogP contribution in [0.3, 0.4) is 0 Å². The lowest BCUT2D eigenvalue weighted by atomic mass is 10.2. The number of benzene rings is 2. The molecule has 1 heterocycles. The Morgan fingerprint density at radius 1 is 1.23 bits per heavy atom. The van der Waals surface area contributed by atoms with Crippen LogP contribution in [0.1, 0.15) is 19.8 Å². The highest BCUT2D eigenvalue weighted by Crippen LogP contribution is 2.32. The largest absolute Gasteiger partial charge is 0.492 e. The fourth-order valence-corrected chi connectivity index (χ4v) is 5.17. The van der Waals surface area contributed by atoms with Gasteiger partial charge in [-0.1, -0.05) is 12.1 Å². The number of anilines is 1. The second kappa shape index (κ2) is 10.9. The van der Waals surface area contributed by atoms with Gasteiger partial charge < -0.3 is 14.8 Å². The van der Waals surface area contributed by atoms with Crippen molar-refractivity contribution in [3.8, 4) is 5.75 Å². The van der Waals surface area contributed by atoms with Gasteiger partial charge in [-0.15, -0.1) is 11.8 Å². The molecule has 0 unspecified atom stereocenters. The van der Waals surface area contributed by atoms with E-state index < -0.39 is 15.9 Å². The van der Waals surface area contributed by atoms with Crippen LogP contribution in [0.15, 0.2) is 58.3 Å². The predicted molar refractivity (Wildman–Crippen MR) is 122 cm³/mol. The molecule has 1 fully saturated rings. The molecule has 31 heavy (non-hydrogen) atoms. The third-order valence-electron chi connectivity index (χ3n) is 4.92. The molecule has 0 spiro atoms. The highest BCUT2D eigenvalue weighted by atomic mass is 32.2. The van der Waals surface area contributed by atoms with Crippen LogP contribution in [0, 0.1) is 0 Å². The fraction of sp³-hybridized carbons (Fsp3) is 0.409. The van der Waals surface area contributed by atoms with E-state index in [0.717, 1.165) is 22.0 Å². The van der Waals surface area contributed by atoms with Crippen LogP contribution in [-0.4, -0.2) is 53.0 Å². The first kappa shape index (κ1) is 23.4. The molecule has 0 radical (unpaired) electrons. The molecule has 7 nitrogen and oxygen atoms in total. The lowest BCUT2D eigenvalue weighted by Gasteiger charge is -2.26. The number of thioether (sulfide) groups is 1. The summed E-state index contributed by atoms with van der Waals surface area (Å²) in [5, 5.41) is 2.80. The Hall–Kier alpha value is -2.23. The summed E-state index contributed by atoms with van der Waals surface area (Å²) < 4.78 is 39.4. The average molecular weight is 465 g/mol. The molecule has 1 atom stereocenters. The number of ether oxygens (including phenoxy) is 2. The number of hydrogen-bond acceptors (Lipinski definition) is 6. The highest BCUT2D eigenvalue weighted by molar-refractivity contribution is 7.98. The van der Waals surface area contributed by atoms with Crippen molar-refractivity contribution >= 4 is 33.4 Å². The molecule has 2 aromatic carbocycles. The Morgan fingerprint density at radius 2 is 1.97 bits per heavy atom. The molecule has 0 saturated carbocycles. The monoisotopic (exact) mass is 464 g/mol. The molecular weight excluding hydrogens is 436 g/mol. The Kier molecular flexibility index (Phi) is 8.22. The fourth-order valence-electron chi connectivity index (χ4n) is 3.33. The first-order chi connectivity index (χ1) is 15.0. The smallest absolute Gasteiger partial charge is 0.264 e. The van der Waals surface area contributed by atoms with Crippen LogP contribution in [0.5, 0.6) is 5.75 Å². The average Bonchev–Trinajstić information content (AvgIpc) is 3.30. The summed E-state index contributed by atoms with van der Waals surface area (Å²) >= 11 is 1.53. The Labute approximate surface area is 188 Å². The summed E-state index contributed by atoms with van der Waals surface area (Å²) in [6.45, 7) is 2.89.